The van der Waals surface area contributed by atoms with Gasteiger partial charge in [0.1, 0.15) is 11.4 Å². The predicted molar refractivity (Wildman–Crippen MR) is 99.5 cm³/mol. The zero-order valence-corrected chi connectivity index (χ0v) is 16.3. The van der Waals surface area contributed by atoms with Crippen molar-refractivity contribution in [2.75, 3.05) is 13.7 Å². The van der Waals surface area contributed by atoms with Crippen LogP contribution >= 0.6 is 11.3 Å². The van der Waals surface area contributed by atoms with Crippen LogP contribution in [0.5, 0.6) is 5.75 Å². The minimum absolute atomic E-state index is 0.0356. The summed E-state index contributed by atoms with van der Waals surface area (Å²) < 4.78 is 5.58. The summed E-state index contributed by atoms with van der Waals surface area (Å²) in [5.41, 5.74) is 2.55. The number of rotatable bonds is 4. The van der Waals surface area contributed by atoms with Crippen molar-refractivity contribution in [1.29, 1.82) is 0 Å². The lowest BCUT2D eigenvalue weighted by atomic mass is 10.1. The summed E-state index contributed by atoms with van der Waals surface area (Å²) in [6, 6.07) is 1.84. The van der Waals surface area contributed by atoms with Crippen LogP contribution < -0.4 is 4.74 Å². The van der Waals surface area contributed by atoms with Gasteiger partial charge in [-0.05, 0) is 38.3 Å². The van der Waals surface area contributed by atoms with E-state index in [0.717, 1.165) is 46.3 Å². The number of carbonyl (C=O) groups excluding carboxylic acids is 1. The van der Waals surface area contributed by atoms with Crippen LogP contribution in [0.15, 0.2) is 12.3 Å². The number of amides is 1. The predicted octanol–water partition coefficient (Wildman–Crippen LogP) is 4.13. The molecule has 1 atom stereocenters. The smallest absolute Gasteiger partial charge is 0.272 e. The van der Waals surface area contributed by atoms with Gasteiger partial charge in [0, 0.05) is 17.8 Å². The van der Waals surface area contributed by atoms with Crippen LogP contribution in [-0.4, -0.2) is 34.4 Å². The number of aromatic nitrogens is 2. The quantitative estimate of drug-likeness (QED) is 0.824. The topological polar surface area (TPSA) is 55.3 Å². The molecule has 3 rings (SSSR count). The Morgan fingerprint density at radius 3 is 2.80 bits per heavy atom. The number of ether oxygens (including phenoxy) is 1. The molecule has 0 saturated carbocycles. The fourth-order valence-electron chi connectivity index (χ4n) is 2.97. The number of hydrogen-bond acceptors (Lipinski definition) is 5. The molecule has 0 radical (unpaired) electrons. The van der Waals surface area contributed by atoms with Crippen LogP contribution in [0.4, 0.5) is 0 Å². The Morgan fingerprint density at radius 2 is 2.12 bits per heavy atom. The summed E-state index contributed by atoms with van der Waals surface area (Å²) in [5, 5.41) is 1.12. The highest BCUT2D eigenvalue weighted by atomic mass is 32.1. The number of pyridine rings is 1. The van der Waals surface area contributed by atoms with E-state index in [2.05, 4.69) is 23.8 Å². The number of fused-ring (bicyclic) bond motifs is 1. The number of thiazole rings is 1. The molecular weight excluding hydrogens is 334 g/mol. The molecule has 0 spiro atoms. The number of nitrogens with zero attached hydrogens (tertiary/aromatic N) is 3. The van der Waals surface area contributed by atoms with Gasteiger partial charge in [-0.3, -0.25) is 4.79 Å². The van der Waals surface area contributed by atoms with Crippen LogP contribution in [0.1, 0.15) is 70.8 Å². The van der Waals surface area contributed by atoms with Crippen molar-refractivity contribution in [3.05, 3.63) is 39.1 Å². The van der Waals surface area contributed by atoms with Gasteiger partial charge >= 0.3 is 0 Å². The molecule has 25 heavy (non-hydrogen) atoms. The average Bonchev–Trinajstić information content (AvgIpc) is 3.01. The number of hydrogen-bond donors (Lipinski definition) is 0. The van der Waals surface area contributed by atoms with Crippen molar-refractivity contribution < 1.29 is 9.53 Å². The van der Waals surface area contributed by atoms with E-state index in [1.165, 1.54) is 0 Å². The van der Waals surface area contributed by atoms with E-state index in [9.17, 15) is 4.79 Å². The molecule has 0 fully saturated rings. The highest BCUT2D eigenvalue weighted by Crippen LogP contribution is 2.32. The molecule has 3 heterocycles. The minimum Gasteiger partial charge on any atom is -0.492 e. The first-order valence-electron chi connectivity index (χ1n) is 8.74. The highest BCUT2D eigenvalue weighted by Gasteiger charge is 2.25. The normalized spacial score (nSPS) is 14.8. The van der Waals surface area contributed by atoms with E-state index < -0.39 is 0 Å². The van der Waals surface area contributed by atoms with Gasteiger partial charge in [-0.2, -0.15) is 0 Å². The lowest BCUT2D eigenvalue weighted by Gasteiger charge is -2.25. The van der Waals surface area contributed by atoms with Gasteiger partial charge in [-0.1, -0.05) is 13.8 Å². The molecule has 1 aliphatic heterocycles. The molecule has 1 aliphatic rings. The Hall–Kier alpha value is -1.95. The molecular formula is C19H25N3O2S. The summed E-state index contributed by atoms with van der Waals surface area (Å²) in [7, 11) is 1.83. The molecule has 0 saturated heterocycles. The second-order valence-electron chi connectivity index (χ2n) is 6.88. The maximum Gasteiger partial charge on any atom is 0.272 e. The van der Waals surface area contributed by atoms with Crippen molar-refractivity contribution in [2.24, 2.45) is 0 Å². The van der Waals surface area contributed by atoms with E-state index in [-0.39, 0.29) is 11.9 Å². The van der Waals surface area contributed by atoms with Crippen molar-refractivity contribution in [1.82, 2.24) is 14.9 Å². The minimum atomic E-state index is -0.0697. The van der Waals surface area contributed by atoms with Gasteiger partial charge in [-0.15, -0.1) is 11.3 Å². The maximum absolute atomic E-state index is 12.9. The van der Waals surface area contributed by atoms with Gasteiger partial charge in [0.2, 0.25) is 0 Å². The summed E-state index contributed by atoms with van der Waals surface area (Å²) in [6.45, 7) is 9.06. The lowest BCUT2D eigenvalue weighted by molar-refractivity contribution is 0.0738. The van der Waals surface area contributed by atoms with E-state index in [1.807, 2.05) is 27.0 Å². The van der Waals surface area contributed by atoms with Crippen LogP contribution in [0, 0.1) is 6.92 Å². The van der Waals surface area contributed by atoms with Crippen LogP contribution in [0.2, 0.25) is 0 Å². The van der Waals surface area contributed by atoms with Crippen LogP contribution in [-0.2, 0) is 6.42 Å². The Kier molecular flexibility index (Phi) is 5.08. The third-order valence-corrected chi connectivity index (χ3v) is 6.27. The molecule has 5 nitrogen and oxygen atoms in total. The monoisotopic (exact) mass is 359 g/mol. The van der Waals surface area contributed by atoms with E-state index in [4.69, 9.17) is 4.74 Å². The fourth-order valence-corrected chi connectivity index (χ4v) is 4.13. The third-order valence-electron chi connectivity index (χ3n) is 4.64. The van der Waals surface area contributed by atoms with E-state index in [1.54, 1.807) is 22.4 Å². The molecule has 134 valence electrons. The van der Waals surface area contributed by atoms with E-state index in [0.29, 0.717) is 11.6 Å². The molecule has 2 aromatic heterocycles. The molecule has 0 unspecified atom stereocenters. The first kappa shape index (κ1) is 17.9. The van der Waals surface area contributed by atoms with Crippen LogP contribution in [0.25, 0.3) is 0 Å². The molecule has 0 aromatic carbocycles. The lowest BCUT2D eigenvalue weighted by Crippen LogP contribution is -2.30. The molecule has 1 amide bonds. The number of aryl methyl sites for hydroxylation is 2. The fraction of sp³-hybridized carbons (Fsp3) is 0.526. The highest BCUT2D eigenvalue weighted by molar-refractivity contribution is 7.11. The Balaban J connectivity index is 1.82. The summed E-state index contributed by atoms with van der Waals surface area (Å²) >= 11 is 1.69. The van der Waals surface area contributed by atoms with Crippen molar-refractivity contribution in [3.63, 3.8) is 0 Å². The molecule has 0 aliphatic carbocycles. The largest absolute Gasteiger partial charge is 0.492 e. The van der Waals surface area contributed by atoms with E-state index >= 15 is 0 Å². The van der Waals surface area contributed by atoms with Gasteiger partial charge < -0.3 is 9.64 Å². The molecule has 2 aromatic rings. The average molecular weight is 359 g/mol. The van der Waals surface area contributed by atoms with Gasteiger partial charge in [0.05, 0.1) is 29.5 Å². The van der Waals surface area contributed by atoms with Gasteiger partial charge in [-0.25, -0.2) is 9.97 Å². The SMILES string of the molecule is Cc1nc(C(C)C)sc1[C@@H](C)N(C)C(=O)c1cc2c(cn1)OCCC2. The molecule has 0 bridgehead atoms. The summed E-state index contributed by atoms with van der Waals surface area (Å²) in [4.78, 5) is 24.8. The molecule has 6 heteroatoms. The number of carbonyl (C=O) groups is 1. The first-order valence-corrected chi connectivity index (χ1v) is 9.56. The van der Waals surface area contributed by atoms with Crippen molar-refractivity contribution in [3.8, 4) is 5.75 Å². The van der Waals surface area contributed by atoms with Crippen LogP contribution in [0.3, 0.4) is 0 Å². The Bertz CT molecular complexity index is 785. The standard InChI is InChI=1S/C19H25N3O2S/c1-11(2)18-21-12(3)17(25-18)13(4)22(5)19(23)15-9-14-7-6-8-24-16(14)10-20-15/h9-11,13H,6-8H2,1-5H3/t13-/m1/s1. The second kappa shape index (κ2) is 7.12. The Morgan fingerprint density at radius 1 is 1.36 bits per heavy atom. The third kappa shape index (κ3) is 3.54. The van der Waals surface area contributed by atoms with Crippen molar-refractivity contribution >= 4 is 17.2 Å². The second-order valence-corrected chi connectivity index (χ2v) is 7.94. The van der Waals surface area contributed by atoms with Gasteiger partial charge in [0.25, 0.3) is 5.91 Å². The zero-order valence-electron chi connectivity index (χ0n) is 15.5. The van der Waals surface area contributed by atoms with Gasteiger partial charge in [0.15, 0.2) is 0 Å². The molecule has 0 N–H and O–H groups in total. The van der Waals surface area contributed by atoms with Crippen molar-refractivity contribution in [2.45, 2.75) is 52.5 Å². The first-order chi connectivity index (χ1) is 11.9. The summed E-state index contributed by atoms with van der Waals surface area (Å²) in [5.74, 6) is 1.13. The summed E-state index contributed by atoms with van der Waals surface area (Å²) in [6.07, 6.45) is 3.59. The zero-order chi connectivity index (χ0) is 18.1. The maximum atomic E-state index is 12.9. The Labute approximate surface area is 153 Å².